The first-order valence-electron chi connectivity index (χ1n) is 11.9. The van der Waals surface area contributed by atoms with E-state index < -0.39 is 29.5 Å². The van der Waals surface area contributed by atoms with Crippen LogP contribution in [0, 0.1) is 6.92 Å². The Balaban J connectivity index is 1.41. The highest BCUT2D eigenvalue weighted by Crippen LogP contribution is 2.29. The van der Waals surface area contributed by atoms with E-state index in [1.807, 2.05) is 13.0 Å². The number of hydrazone groups is 1. The summed E-state index contributed by atoms with van der Waals surface area (Å²) in [6.45, 7) is 1.86. The maximum absolute atomic E-state index is 13.0. The van der Waals surface area contributed by atoms with Crippen molar-refractivity contribution in [3.05, 3.63) is 130 Å². The normalized spacial score (nSPS) is 11.2. The van der Waals surface area contributed by atoms with Crippen molar-refractivity contribution in [1.29, 1.82) is 0 Å². The lowest BCUT2D eigenvalue weighted by molar-refractivity contribution is -0.137. The van der Waals surface area contributed by atoms with E-state index >= 15 is 0 Å². The zero-order chi connectivity index (χ0) is 28.7. The molecule has 0 saturated carbocycles. The molecule has 0 aliphatic carbocycles. The van der Waals surface area contributed by atoms with Gasteiger partial charge in [-0.2, -0.15) is 18.3 Å². The number of halogens is 3. The van der Waals surface area contributed by atoms with Crippen LogP contribution >= 0.6 is 0 Å². The van der Waals surface area contributed by atoms with E-state index in [0.29, 0.717) is 11.1 Å². The highest BCUT2D eigenvalue weighted by molar-refractivity contribution is 6.05. The van der Waals surface area contributed by atoms with Crippen LogP contribution in [-0.4, -0.2) is 24.0 Å². The fourth-order valence-electron chi connectivity index (χ4n) is 3.61. The highest BCUT2D eigenvalue weighted by atomic mass is 19.4. The predicted molar refractivity (Wildman–Crippen MR) is 143 cm³/mol. The molecule has 0 fully saturated rings. The maximum atomic E-state index is 13.0. The standard InChI is InChI=1S/C30H22F3N3O4/c1-19-7-4-11-22(15-19)29(39)40-26-14-3-2-8-23(26)18-34-36-28(38)21-10-6-13-25(17-21)35-27(37)20-9-5-12-24(16-20)30(31,32)33/h2-18H,1H3,(H,35,37)(H,36,38). The summed E-state index contributed by atoms with van der Waals surface area (Å²) in [5.41, 5.74) is 3.30. The number of alkyl halides is 3. The van der Waals surface area contributed by atoms with Gasteiger partial charge in [0.25, 0.3) is 11.8 Å². The second-order valence-corrected chi connectivity index (χ2v) is 8.61. The van der Waals surface area contributed by atoms with Crippen LogP contribution in [0.15, 0.2) is 102 Å². The molecule has 2 amide bonds. The van der Waals surface area contributed by atoms with Crippen LogP contribution in [0.2, 0.25) is 0 Å². The van der Waals surface area contributed by atoms with Gasteiger partial charge in [-0.1, -0.05) is 42.0 Å². The number of aryl methyl sites for hydroxylation is 1. The molecule has 0 spiro atoms. The minimum absolute atomic E-state index is 0.137. The summed E-state index contributed by atoms with van der Waals surface area (Å²) >= 11 is 0. The molecule has 202 valence electrons. The third-order valence-corrected chi connectivity index (χ3v) is 5.58. The Labute approximate surface area is 227 Å². The molecule has 40 heavy (non-hydrogen) atoms. The second-order valence-electron chi connectivity index (χ2n) is 8.61. The van der Waals surface area contributed by atoms with E-state index in [0.717, 1.165) is 23.8 Å². The maximum Gasteiger partial charge on any atom is 0.416 e. The van der Waals surface area contributed by atoms with Crippen molar-refractivity contribution in [2.45, 2.75) is 13.1 Å². The van der Waals surface area contributed by atoms with Crippen LogP contribution in [0.4, 0.5) is 18.9 Å². The lowest BCUT2D eigenvalue weighted by Gasteiger charge is -2.10. The largest absolute Gasteiger partial charge is 0.422 e. The van der Waals surface area contributed by atoms with Crippen LogP contribution in [0.5, 0.6) is 5.75 Å². The van der Waals surface area contributed by atoms with Crippen molar-refractivity contribution < 1.29 is 32.3 Å². The summed E-state index contributed by atoms with van der Waals surface area (Å²) in [7, 11) is 0. The quantitative estimate of drug-likeness (QED) is 0.124. The molecule has 0 aromatic heterocycles. The third-order valence-electron chi connectivity index (χ3n) is 5.58. The number of carbonyl (C=O) groups is 3. The van der Waals surface area contributed by atoms with Crippen molar-refractivity contribution in [2.24, 2.45) is 5.10 Å². The van der Waals surface area contributed by atoms with Gasteiger partial charge in [0.15, 0.2) is 0 Å². The predicted octanol–water partition coefficient (Wildman–Crippen LogP) is 6.25. The number of esters is 1. The highest BCUT2D eigenvalue weighted by Gasteiger charge is 2.30. The van der Waals surface area contributed by atoms with E-state index in [1.54, 1.807) is 42.5 Å². The van der Waals surface area contributed by atoms with Gasteiger partial charge in [0.2, 0.25) is 0 Å². The molecule has 4 aromatic carbocycles. The van der Waals surface area contributed by atoms with E-state index in [-0.39, 0.29) is 22.6 Å². The number of benzene rings is 4. The van der Waals surface area contributed by atoms with Gasteiger partial charge in [0, 0.05) is 22.4 Å². The van der Waals surface area contributed by atoms with E-state index in [1.165, 1.54) is 36.5 Å². The molecule has 2 N–H and O–H groups in total. The molecule has 0 heterocycles. The molecule has 7 nitrogen and oxygen atoms in total. The molecule has 0 radical (unpaired) electrons. The topological polar surface area (TPSA) is 96.9 Å². The van der Waals surface area contributed by atoms with Gasteiger partial charge >= 0.3 is 12.1 Å². The zero-order valence-electron chi connectivity index (χ0n) is 21.0. The second kappa shape index (κ2) is 12.1. The zero-order valence-corrected chi connectivity index (χ0v) is 21.0. The Hall–Kier alpha value is -5.25. The number of amides is 2. The van der Waals surface area contributed by atoms with Crippen molar-refractivity contribution in [3.63, 3.8) is 0 Å². The number of carbonyl (C=O) groups excluding carboxylic acids is 3. The summed E-state index contributed by atoms with van der Waals surface area (Å²) in [5, 5.41) is 6.42. The Bertz CT molecular complexity index is 1600. The van der Waals surface area contributed by atoms with Crippen LogP contribution in [0.1, 0.15) is 47.8 Å². The molecule has 0 bridgehead atoms. The van der Waals surface area contributed by atoms with Gasteiger partial charge in [0.05, 0.1) is 17.3 Å². The van der Waals surface area contributed by atoms with Crippen molar-refractivity contribution >= 4 is 29.7 Å². The van der Waals surface area contributed by atoms with Crippen LogP contribution in [0.25, 0.3) is 0 Å². The first kappa shape index (κ1) is 27.8. The van der Waals surface area contributed by atoms with E-state index in [4.69, 9.17) is 4.74 Å². The number of nitrogens with zero attached hydrogens (tertiary/aromatic N) is 1. The summed E-state index contributed by atoms with van der Waals surface area (Å²) in [5.74, 6) is -1.68. The summed E-state index contributed by atoms with van der Waals surface area (Å²) in [6, 6.07) is 23.4. The molecule has 0 saturated heterocycles. The fourth-order valence-corrected chi connectivity index (χ4v) is 3.61. The minimum atomic E-state index is -4.59. The van der Waals surface area contributed by atoms with Gasteiger partial charge in [-0.25, -0.2) is 10.2 Å². The molecular weight excluding hydrogens is 523 g/mol. The molecule has 0 aliphatic rings. The number of rotatable bonds is 7. The average Bonchev–Trinajstić information content (AvgIpc) is 2.93. The third kappa shape index (κ3) is 7.19. The number of anilines is 1. The lowest BCUT2D eigenvalue weighted by Crippen LogP contribution is -2.18. The number of nitrogens with one attached hydrogen (secondary N) is 2. The molecule has 4 rings (SSSR count). The number of ether oxygens (including phenoxy) is 1. The van der Waals surface area contributed by atoms with Crippen molar-refractivity contribution in [1.82, 2.24) is 5.43 Å². The summed E-state index contributed by atoms with van der Waals surface area (Å²) in [4.78, 5) is 37.6. The molecule has 0 aliphatic heterocycles. The Morgan fingerprint density at radius 3 is 2.20 bits per heavy atom. The first-order valence-corrected chi connectivity index (χ1v) is 11.9. The smallest absolute Gasteiger partial charge is 0.416 e. The molecule has 4 aromatic rings. The molecule has 0 atom stereocenters. The molecule has 0 unspecified atom stereocenters. The minimum Gasteiger partial charge on any atom is -0.422 e. The van der Waals surface area contributed by atoms with Crippen LogP contribution in [0.3, 0.4) is 0 Å². The monoisotopic (exact) mass is 545 g/mol. The fraction of sp³-hybridized carbons (Fsp3) is 0.0667. The SMILES string of the molecule is Cc1cccc(C(=O)Oc2ccccc2C=NNC(=O)c2cccc(NC(=O)c3cccc(C(F)(F)F)c3)c2)c1. The number of para-hydroxylation sites is 1. The van der Waals surface area contributed by atoms with Gasteiger partial charge in [-0.3, -0.25) is 9.59 Å². The van der Waals surface area contributed by atoms with E-state index in [9.17, 15) is 27.6 Å². The number of hydrogen-bond acceptors (Lipinski definition) is 5. The Kier molecular flexibility index (Phi) is 8.39. The van der Waals surface area contributed by atoms with Crippen LogP contribution in [-0.2, 0) is 6.18 Å². The Morgan fingerprint density at radius 2 is 1.45 bits per heavy atom. The van der Waals surface area contributed by atoms with Gasteiger partial charge < -0.3 is 10.1 Å². The van der Waals surface area contributed by atoms with Gasteiger partial charge in [-0.05, 0) is 67.6 Å². The first-order chi connectivity index (χ1) is 19.1. The van der Waals surface area contributed by atoms with Crippen molar-refractivity contribution in [3.8, 4) is 5.75 Å². The molecular formula is C30H22F3N3O4. The summed E-state index contributed by atoms with van der Waals surface area (Å²) < 4.78 is 44.4. The average molecular weight is 546 g/mol. The Morgan fingerprint density at radius 1 is 0.775 bits per heavy atom. The summed E-state index contributed by atoms with van der Waals surface area (Å²) in [6.07, 6.45) is -3.27. The number of hydrogen-bond donors (Lipinski definition) is 2. The van der Waals surface area contributed by atoms with Crippen LogP contribution < -0.4 is 15.5 Å². The van der Waals surface area contributed by atoms with E-state index in [2.05, 4.69) is 15.8 Å². The van der Waals surface area contributed by atoms with Gasteiger partial charge in [-0.15, -0.1) is 0 Å². The lowest BCUT2D eigenvalue weighted by atomic mass is 10.1. The molecule has 10 heteroatoms. The van der Waals surface area contributed by atoms with Gasteiger partial charge in [0.1, 0.15) is 5.75 Å². The van der Waals surface area contributed by atoms with Crippen molar-refractivity contribution in [2.75, 3.05) is 5.32 Å².